The quantitative estimate of drug-likeness (QED) is 0.529. The molecule has 3 aromatic rings. The van der Waals surface area contributed by atoms with E-state index in [4.69, 9.17) is 10.00 Å². The monoisotopic (exact) mass is 334 g/mol. The largest absolute Gasteiger partial charge is 0.437 e. The molecule has 0 atom stereocenters. The molecule has 0 amide bonds. The fraction of sp³-hybridized carbons (Fsp3) is 0.111. The Balaban J connectivity index is 1.85. The standard InChI is InChI=1S/C18H14N4O3/c1-12-10-17(13(2)9-16(12)22(23)24)25-18-7-8-21(20-18)15-5-3-14(11-19)4-6-15/h3-10H,1-2H3. The van der Waals surface area contributed by atoms with Gasteiger partial charge in [0.25, 0.3) is 5.69 Å². The highest BCUT2D eigenvalue weighted by Gasteiger charge is 2.15. The van der Waals surface area contributed by atoms with Gasteiger partial charge in [-0.25, -0.2) is 4.68 Å². The SMILES string of the molecule is Cc1cc([N+](=O)[O-])c(C)cc1Oc1ccn(-c2ccc(C#N)cc2)n1. The summed E-state index contributed by atoms with van der Waals surface area (Å²) in [5.41, 5.74) is 2.62. The fourth-order valence-electron chi connectivity index (χ4n) is 2.39. The predicted molar refractivity (Wildman–Crippen MR) is 90.9 cm³/mol. The summed E-state index contributed by atoms with van der Waals surface area (Å²) in [6, 6.07) is 13.9. The molecule has 0 unspecified atom stereocenters. The van der Waals surface area contributed by atoms with Crippen LogP contribution in [-0.4, -0.2) is 14.7 Å². The van der Waals surface area contributed by atoms with E-state index in [0.29, 0.717) is 28.3 Å². The van der Waals surface area contributed by atoms with Crippen molar-refractivity contribution in [3.8, 4) is 23.4 Å². The van der Waals surface area contributed by atoms with Crippen LogP contribution in [0.2, 0.25) is 0 Å². The van der Waals surface area contributed by atoms with Gasteiger partial charge in [0.15, 0.2) is 0 Å². The first-order valence-electron chi connectivity index (χ1n) is 7.47. The van der Waals surface area contributed by atoms with E-state index in [1.54, 1.807) is 61.1 Å². The van der Waals surface area contributed by atoms with Crippen molar-refractivity contribution in [2.75, 3.05) is 0 Å². The number of hydrogen-bond donors (Lipinski definition) is 0. The smallest absolute Gasteiger partial charge is 0.272 e. The van der Waals surface area contributed by atoms with E-state index in [1.807, 2.05) is 0 Å². The average Bonchev–Trinajstić information content (AvgIpc) is 3.06. The van der Waals surface area contributed by atoms with Crippen molar-refractivity contribution < 1.29 is 9.66 Å². The number of hydrogen-bond acceptors (Lipinski definition) is 5. The van der Waals surface area contributed by atoms with Crippen molar-refractivity contribution >= 4 is 5.69 Å². The van der Waals surface area contributed by atoms with Crippen molar-refractivity contribution in [3.63, 3.8) is 0 Å². The van der Waals surface area contributed by atoms with Gasteiger partial charge in [-0.05, 0) is 49.7 Å². The zero-order valence-corrected chi connectivity index (χ0v) is 13.6. The van der Waals surface area contributed by atoms with Gasteiger partial charge >= 0.3 is 0 Å². The third-order valence-electron chi connectivity index (χ3n) is 3.73. The number of nitrogens with zero attached hydrogens (tertiary/aromatic N) is 4. The molecule has 0 saturated carbocycles. The molecule has 7 nitrogen and oxygen atoms in total. The summed E-state index contributed by atoms with van der Waals surface area (Å²) < 4.78 is 7.39. The van der Waals surface area contributed by atoms with Crippen molar-refractivity contribution in [1.29, 1.82) is 5.26 Å². The van der Waals surface area contributed by atoms with Crippen molar-refractivity contribution in [2.45, 2.75) is 13.8 Å². The molecule has 0 saturated heterocycles. The van der Waals surface area contributed by atoms with Gasteiger partial charge in [-0.15, -0.1) is 5.10 Å². The van der Waals surface area contributed by atoms with Crippen LogP contribution < -0.4 is 4.74 Å². The molecular weight excluding hydrogens is 320 g/mol. The summed E-state index contributed by atoms with van der Waals surface area (Å²) in [4.78, 5) is 10.6. The van der Waals surface area contributed by atoms with Crippen LogP contribution in [0, 0.1) is 35.3 Å². The summed E-state index contributed by atoms with van der Waals surface area (Å²) >= 11 is 0. The van der Waals surface area contributed by atoms with Crippen molar-refractivity contribution in [3.05, 3.63) is 75.5 Å². The van der Waals surface area contributed by atoms with Gasteiger partial charge in [-0.2, -0.15) is 5.26 Å². The number of nitro benzene ring substituents is 1. The van der Waals surface area contributed by atoms with Crippen LogP contribution in [0.4, 0.5) is 5.69 Å². The van der Waals surface area contributed by atoms with Crippen LogP contribution in [0.3, 0.4) is 0 Å². The number of nitriles is 1. The first kappa shape index (κ1) is 16.2. The van der Waals surface area contributed by atoms with E-state index in [-0.39, 0.29) is 5.69 Å². The van der Waals surface area contributed by atoms with Gasteiger partial charge in [-0.1, -0.05) is 0 Å². The first-order chi connectivity index (χ1) is 12.0. The Kier molecular flexibility index (Phi) is 4.18. The molecule has 2 aromatic carbocycles. The van der Waals surface area contributed by atoms with E-state index in [9.17, 15) is 10.1 Å². The highest BCUT2D eigenvalue weighted by atomic mass is 16.6. The highest BCUT2D eigenvalue weighted by molar-refractivity contribution is 5.50. The van der Waals surface area contributed by atoms with Gasteiger partial charge in [0.1, 0.15) is 5.75 Å². The van der Waals surface area contributed by atoms with Gasteiger partial charge in [0.2, 0.25) is 5.88 Å². The van der Waals surface area contributed by atoms with Crippen LogP contribution in [0.25, 0.3) is 5.69 Å². The normalized spacial score (nSPS) is 10.3. The van der Waals surface area contributed by atoms with Crippen molar-refractivity contribution in [2.24, 2.45) is 0 Å². The first-order valence-corrected chi connectivity index (χ1v) is 7.47. The van der Waals surface area contributed by atoms with Gasteiger partial charge in [0, 0.05) is 23.9 Å². The molecule has 124 valence electrons. The molecule has 0 spiro atoms. The molecule has 0 aliphatic rings. The molecule has 25 heavy (non-hydrogen) atoms. The predicted octanol–water partition coefficient (Wildman–Crippen LogP) is 4.06. The molecule has 1 heterocycles. The van der Waals surface area contributed by atoms with Gasteiger partial charge in [0.05, 0.1) is 22.2 Å². The third kappa shape index (κ3) is 3.33. The molecule has 1 aromatic heterocycles. The van der Waals surface area contributed by atoms with E-state index in [1.165, 1.54) is 6.07 Å². The number of ether oxygens (including phenoxy) is 1. The van der Waals surface area contributed by atoms with E-state index >= 15 is 0 Å². The zero-order chi connectivity index (χ0) is 18.0. The Bertz CT molecular complexity index is 985. The molecule has 3 rings (SSSR count). The fourth-order valence-corrected chi connectivity index (χ4v) is 2.39. The molecule has 0 aliphatic heterocycles. The van der Waals surface area contributed by atoms with Gasteiger partial charge in [-0.3, -0.25) is 10.1 Å². The summed E-state index contributed by atoms with van der Waals surface area (Å²) in [6.07, 6.45) is 1.74. The number of aromatic nitrogens is 2. The molecule has 0 fully saturated rings. The Morgan fingerprint density at radius 1 is 1.16 bits per heavy atom. The van der Waals surface area contributed by atoms with Crippen LogP contribution in [0.5, 0.6) is 11.6 Å². The summed E-state index contributed by atoms with van der Waals surface area (Å²) in [6.45, 7) is 3.42. The minimum absolute atomic E-state index is 0.0629. The molecular formula is C18H14N4O3. The molecule has 7 heteroatoms. The molecule has 0 N–H and O–H groups in total. The lowest BCUT2D eigenvalue weighted by molar-refractivity contribution is -0.385. The molecule has 0 bridgehead atoms. The summed E-state index contributed by atoms with van der Waals surface area (Å²) in [5.74, 6) is 0.897. The Hall–Kier alpha value is -3.66. The second-order valence-corrected chi connectivity index (χ2v) is 5.52. The maximum absolute atomic E-state index is 11.0. The van der Waals surface area contributed by atoms with Crippen LogP contribution >= 0.6 is 0 Å². The Morgan fingerprint density at radius 2 is 1.88 bits per heavy atom. The van der Waals surface area contributed by atoms with Crippen LogP contribution in [0.15, 0.2) is 48.7 Å². The number of aryl methyl sites for hydroxylation is 2. The Labute approximate surface area is 143 Å². The highest BCUT2D eigenvalue weighted by Crippen LogP contribution is 2.30. The third-order valence-corrected chi connectivity index (χ3v) is 3.73. The lowest BCUT2D eigenvalue weighted by Gasteiger charge is -2.08. The summed E-state index contributed by atoms with van der Waals surface area (Å²) in [7, 11) is 0. The topological polar surface area (TPSA) is 94.0 Å². The maximum atomic E-state index is 11.0. The lowest BCUT2D eigenvalue weighted by atomic mass is 10.1. The van der Waals surface area contributed by atoms with Crippen LogP contribution in [-0.2, 0) is 0 Å². The van der Waals surface area contributed by atoms with E-state index < -0.39 is 4.92 Å². The van der Waals surface area contributed by atoms with Crippen LogP contribution in [0.1, 0.15) is 16.7 Å². The zero-order valence-electron chi connectivity index (χ0n) is 13.6. The number of nitro groups is 1. The molecule has 0 radical (unpaired) electrons. The maximum Gasteiger partial charge on any atom is 0.272 e. The Morgan fingerprint density at radius 3 is 2.52 bits per heavy atom. The second kappa shape index (κ2) is 6.45. The van der Waals surface area contributed by atoms with E-state index in [2.05, 4.69) is 11.2 Å². The minimum atomic E-state index is -0.411. The van der Waals surface area contributed by atoms with Gasteiger partial charge < -0.3 is 4.74 Å². The minimum Gasteiger partial charge on any atom is -0.437 e. The number of rotatable bonds is 4. The van der Waals surface area contributed by atoms with Crippen molar-refractivity contribution in [1.82, 2.24) is 9.78 Å². The lowest BCUT2D eigenvalue weighted by Crippen LogP contribution is -1.97. The molecule has 0 aliphatic carbocycles. The van der Waals surface area contributed by atoms with E-state index in [0.717, 1.165) is 5.69 Å². The summed E-state index contributed by atoms with van der Waals surface area (Å²) in [5, 5.41) is 24.2. The average molecular weight is 334 g/mol. The second-order valence-electron chi connectivity index (χ2n) is 5.52. The number of benzene rings is 2.